The predicted octanol–water partition coefficient (Wildman–Crippen LogP) is 4.45. The van der Waals surface area contributed by atoms with Crippen LogP contribution < -0.4 is 0 Å². The number of oxime groups is 1. The molecule has 0 saturated heterocycles. The van der Waals surface area contributed by atoms with E-state index in [0.29, 0.717) is 17.8 Å². The highest BCUT2D eigenvalue weighted by molar-refractivity contribution is 5.85. The second-order valence-electron chi connectivity index (χ2n) is 10.6. The molecule has 0 aromatic rings. The minimum atomic E-state index is -0.187. The summed E-state index contributed by atoms with van der Waals surface area (Å²) >= 11 is 0. The molecular weight excluding hydrogens is 368 g/mol. The van der Waals surface area contributed by atoms with Crippen molar-refractivity contribution in [3.05, 3.63) is 21.8 Å². The third kappa shape index (κ3) is 3.22. The molecule has 6 heteroatoms. The van der Waals surface area contributed by atoms with Crippen molar-refractivity contribution < 1.29 is 14.9 Å². The number of rotatable bonds is 4. The van der Waals surface area contributed by atoms with Gasteiger partial charge in [0, 0.05) is 16.8 Å². The van der Waals surface area contributed by atoms with Gasteiger partial charge in [0.15, 0.2) is 0 Å². The van der Waals surface area contributed by atoms with Crippen molar-refractivity contribution in [3.8, 4) is 0 Å². The molecule has 0 bridgehead atoms. The Hall–Kier alpha value is -1.43. The average molecular weight is 405 g/mol. The average Bonchev–Trinajstić information content (AvgIpc) is 2.93. The number of aliphatic hydroxyl groups is 1. The molecule has 4 aliphatic rings. The topological polar surface area (TPSA) is 85.0 Å². The second-order valence-corrected chi connectivity index (χ2v) is 10.6. The Labute approximate surface area is 173 Å². The van der Waals surface area contributed by atoms with Gasteiger partial charge in [-0.1, -0.05) is 30.7 Å². The number of nitro groups is 1. The van der Waals surface area contributed by atoms with E-state index in [1.165, 1.54) is 12.0 Å². The van der Waals surface area contributed by atoms with Gasteiger partial charge in [-0.2, -0.15) is 0 Å². The molecule has 0 aromatic heterocycles. The Kier molecular flexibility index (Phi) is 5.29. The van der Waals surface area contributed by atoms with Crippen molar-refractivity contribution in [1.29, 1.82) is 0 Å². The molecule has 0 spiro atoms. The summed E-state index contributed by atoms with van der Waals surface area (Å²) < 4.78 is 0. The fraction of sp³-hybridized carbons (Fsp3) is 0.870. The van der Waals surface area contributed by atoms with Crippen LogP contribution in [-0.4, -0.2) is 35.5 Å². The van der Waals surface area contributed by atoms with Crippen LogP contribution in [0.15, 0.2) is 16.8 Å². The largest absolute Gasteiger partial charge is 0.399 e. The van der Waals surface area contributed by atoms with Crippen molar-refractivity contribution in [3.63, 3.8) is 0 Å². The first-order chi connectivity index (χ1) is 13.7. The molecule has 1 N–H and O–H groups in total. The van der Waals surface area contributed by atoms with Gasteiger partial charge in [-0.15, -0.1) is 0 Å². The third-order valence-corrected chi connectivity index (χ3v) is 9.32. The van der Waals surface area contributed by atoms with Crippen LogP contribution in [0.3, 0.4) is 0 Å². The fourth-order valence-corrected chi connectivity index (χ4v) is 8.21. The number of allylic oxidation sites excluding steroid dienone is 1. The molecule has 0 amide bonds. The molecule has 162 valence electrons. The zero-order valence-electron chi connectivity index (χ0n) is 18.3. The SMILES string of the molecule is CON=C(C)C1C(C[N+](=O)[O-])CC2C3CC=C4CC(O)CCC4(C)C3CCC21C. The standard InChI is InChI=1S/C23H36N2O4/c1-14(24-29-4)21-15(13-25(27)28)11-20-18-6-5-16-12-17(26)7-9-22(16,2)19(18)8-10-23(20,21)3/h5,15,17-21,26H,6-13H2,1-4H3. The first-order valence-corrected chi connectivity index (χ1v) is 11.3. The van der Waals surface area contributed by atoms with Gasteiger partial charge in [0.1, 0.15) is 7.11 Å². The van der Waals surface area contributed by atoms with Gasteiger partial charge in [-0.3, -0.25) is 10.1 Å². The minimum absolute atomic E-state index is 0.0231. The molecule has 6 nitrogen and oxygen atoms in total. The van der Waals surface area contributed by atoms with E-state index in [4.69, 9.17) is 4.84 Å². The number of hydrogen-bond acceptors (Lipinski definition) is 5. The lowest BCUT2D eigenvalue weighted by Crippen LogP contribution is -2.51. The summed E-state index contributed by atoms with van der Waals surface area (Å²) in [7, 11) is 1.56. The van der Waals surface area contributed by atoms with Crippen molar-refractivity contribution in [2.24, 2.45) is 45.6 Å². The molecule has 0 aliphatic heterocycles. The fourth-order valence-electron chi connectivity index (χ4n) is 8.21. The first-order valence-electron chi connectivity index (χ1n) is 11.3. The molecule has 3 fully saturated rings. The zero-order chi connectivity index (χ0) is 21.0. The summed E-state index contributed by atoms with van der Waals surface area (Å²) in [5.41, 5.74) is 2.62. The van der Waals surface area contributed by atoms with E-state index in [2.05, 4.69) is 25.1 Å². The van der Waals surface area contributed by atoms with Gasteiger partial charge in [-0.05, 0) is 80.5 Å². The van der Waals surface area contributed by atoms with Gasteiger partial charge in [-0.25, -0.2) is 0 Å². The maximum absolute atomic E-state index is 11.4. The normalized spacial score (nSPS) is 46.9. The van der Waals surface area contributed by atoms with E-state index < -0.39 is 0 Å². The Morgan fingerprint density at radius 3 is 2.79 bits per heavy atom. The number of aliphatic hydroxyl groups excluding tert-OH is 1. The first kappa shape index (κ1) is 20.8. The summed E-state index contributed by atoms with van der Waals surface area (Å²) in [4.78, 5) is 16.4. The summed E-state index contributed by atoms with van der Waals surface area (Å²) in [6, 6.07) is 0. The monoisotopic (exact) mass is 404 g/mol. The molecule has 0 aromatic carbocycles. The Bertz CT molecular complexity index is 734. The van der Waals surface area contributed by atoms with E-state index in [1.807, 2.05) is 6.92 Å². The van der Waals surface area contributed by atoms with E-state index in [9.17, 15) is 15.2 Å². The van der Waals surface area contributed by atoms with Gasteiger partial charge < -0.3 is 9.94 Å². The molecule has 29 heavy (non-hydrogen) atoms. The molecule has 4 aliphatic carbocycles. The van der Waals surface area contributed by atoms with Crippen LogP contribution in [0.25, 0.3) is 0 Å². The molecule has 8 unspecified atom stereocenters. The van der Waals surface area contributed by atoms with Crippen LogP contribution in [-0.2, 0) is 4.84 Å². The van der Waals surface area contributed by atoms with Crippen LogP contribution in [0.5, 0.6) is 0 Å². The third-order valence-electron chi connectivity index (χ3n) is 9.32. The summed E-state index contributed by atoms with van der Waals surface area (Å²) in [6.07, 6.45) is 9.26. The van der Waals surface area contributed by atoms with Crippen molar-refractivity contribution in [1.82, 2.24) is 0 Å². The maximum Gasteiger partial charge on any atom is 0.207 e. The molecule has 8 atom stereocenters. The zero-order valence-corrected chi connectivity index (χ0v) is 18.3. The van der Waals surface area contributed by atoms with Gasteiger partial charge >= 0.3 is 0 Å². The molecular formula is C23H36N2O4. The number of hydrogen-bond donors (Lipinski definition) is 1. The molecule has 3 saturated carbocycles. The van der Waals surface area contributed by atoms with Crippen molar-refractivity contribution in [2.75, 3.05) is 13.7 Å². The molecule has 0 heterocycles. The lowest BCUT2D eigenvalue weighted by atomic mass is 9.47. The van der Waals surface area contributed by atoms with Crippen LogP contribution in [0.4, 0.5) is 0 Å². The highest BCUT2D eigenvalue weighted by Gasteiger charge is 2.62. The number of fused-ring (bicyclic) bond motifs is 5. The molecule has 4 rings (SSSR count). The van der Waals surface area contributed by atoms with Crippen molar-refractivity contribution in [2.45, 2.75) is 71.8 Å². The van der Waals surface area contributed by atoms with Gasteiger partial charge in [0.25, 0.3) is 0 Å². The van der Waals surface area contributed by atoms with E-state index in [0.717, 1.165) is 44.2 Å². The highest BCUT2D eigenvalue weighted by atomic mass is 16.6. The van der Waals surface area contributed by atoms with Gasteiger partial charge in [0.05, 0.1) is 11.8 Å². The van der Waals surface area contributed by atoms with Crippen LogP contribution in [0, 0.1) is 50.5 Å². The van der Waals surface area contributed by atoms with E-state index >= 15 is 0 Å². The van der Waals surface area contributed by atoms with Gasteiger partial charge in [0.2, 0.25) is 6.54 Å². The van der Waals surface area contributed by atoms with Crippen LogP contribution >= 0.6 is 0 Å². The van der Waals surface area contributed by atoms with E-state index in [1.54, 1.807) is 7.11 Å². The van der Waals surface area contributed by atoms with Crippen LogP contribution in [0.2, 0.25) is 0 Å². The predicted molar refractivity (Wildman–Crippen MR) is 112 cm³/mol. The lowest BCUT2D eigenvalue weighted by molar-refractivity contribution is -0.489. The quantitative estimate of drug-likeness (QED) is 0.325. The maximum atomic E-state index is 11.4. The smallest absolute Gasteiger partial charge is 0.207 e. The Morgan fingerprint density at radius 2 is 2.10 bits per heavy atom. The Morgan fingerprint density at radius 1 is 1.34 bits per heavy atom. The Balaban J connectivity index is 1.68. The summed E-state index contributed by atoms with van der Waals surface area (Å²) in [5.74, 6) is 1.84. The molecule has 0 radical (unpaired) electrons. The lowest BCUT2D eigenvalue weighted by Gasteiger charge is -2.58. The van der Waals surface area contributed by atoms with Crippen LogP contribution in [0.1, 0.15) is 65.7 Å². The second kappa shape index (κ2) is 7.36. The van der Waals surface area contributed by atoms with E-state index in [-0.39, 0.29) is 40.2 Å². The van der Waals surface area contributed by atoms with Crippen molar-refractivity contribution >= 4 is 5.71 Å². The summed E-state index contributed by atoms with van der Waals surface area (Å²) in [5, 5.41) is 25.9. The number of nitrogens with zero attached hydrogens (tertiary/aromatic N) is 2. The summed E-state index contributed by atoms with van der Waals surface area (Å²) in [6.45, 7) is 6.79. The highest BCUT2D eigenvalue weighted by Crippen LogP contribution is 2.67. The minimum Gasteiger partial charge on any atom is -0.399 e.